The molecule has 4 saturated carbocycles. The summed E-state index contributed by atoms with van der Waals surface area (Å²) in [5.41, 5.74) is -5.90. The fraction of sp³-hybridized carbons (Fsp3) is 0.600. The topological polar surface area (TPSA) is 78.6 Å². The van der Waals surface area contributed by atoms with Crippen LogP contribution in [0.15, 0.2) is 47.5 Å². The predicted octanol–water partition coefficient (Wildman–Crippen LogP) is 11.4. The van der Waals surface area contributed by atoms with E-state index in [1.54, 1.807) is 16.6 Å². The summed E-state index contributed by atoms with van der Waals surface area (Å²) in [7, 11) is 1.78. The van der Waals surface area contributed by atoms with Crippen LogP contribution in [-0.2, 0) is 56.2 Å². The highest BCUT2D eigenvalue weighted by Crippen LogP contribution is 2.45. The third-order valence-corrected chi connectivity index (χ3v) is 14.7. The van der Waals surface area contributed by atoms with E-state index in [1.165, 1.54) is 6.92 Å². The lowest BCUT2D eigenvalue weighted by molar-refractivity contribution is -0.859. The van der Waals surface area contributed by atoms with Gasteiger partial charge in [-0.15, -0.1) is 0 Å². The molecule has 0 amide bonds. The maximum Gasteiger partial charge on any atom is 0.416 e. The highest BCUT2D eigenvalue weighted by molar-refractivity contribution is 5.86. The van der Waals surface area contributed by atoms with Gasteiger partial charge in [-0.1, -0.05) is 0 Å². The van der Waals surface area contributed by atoms with E-state index in [1.807, 2.05) is 13.0 Å². The van der Waals surface area contributed by atoms with Gasteiger partial charge >= 0.3 is 30.7 Å². The number of pyridine rings is 1. The van der Waals surface area contributed by atoms with Crippen LogP contribution in [0.1, 0.15) is 103 Å². The summed E-state index contributed by atoms with van der Waals surface area (Å²) in [4.78, 5) is 28.6. The lowest BCUT2D eigenvalue weighted by atomic mass is 9.80. The molecule has 5 aliphatic rings. The van der Waals surface area contributed by atoms with Gasteiger partial charge in [0.05, 0.1) is 54.1 Å². The standard InChI is InChI=1S/C50H57F12N8O/c1-29-42-16-37(43(65-44(42)67(3)66-29)68(20-31-4-5-31)21-32-6-7-32)23-69(22-36-14-40(49(57,58)59)18-41(15-36)50(60,61)62)45-64-27-46(30(2)71,28-70(45,24-33-8-9-33)25-34-10-11-34)26-63-19-35-12-38(47(51,52)53)17-39(13-35)48(54,55)56/h12-18,31-34,63H,4-11,19-28H2,1-3H3/q+1. The second kappa shape index (κ2) is 18.5. The van der Waals surface area contributed by atoms with Crippen molar-refractivity contribution in [3.8, 4) is 0 Å². The Labute approximate surface area is 403 Å². The maximum atomic E-state index is 14.5. The number of ketones is 1. The van der Waals surface area contributed by atoms with E-state index >= 15 is 0 Å². The Kier molecular flexibility index (Phi) is 13.3. The van der Waals surface area contributed by atoms with Crippen LogP contribution in [0.2, 0.25) is 0 Å². The minimum Gasteiger partial charge on any atom is -0.356 e. The van der Waals surface area contributed by atoms with Crippen LogP contribution in [0.25, 0.3) is 11.0 Å². The molecule has 4 fully saturated rings. The van der Waals surface area contributed by atoms with Crippen molar-refractivity contribution in [2.75, 3.05) is 50.7 Å². The van der Waals surface area contributed by atoms with Gasteiger partial charge in [0.25, 0.3) is 0 Å². The van der Waals surface area contributed by atoms with Gasteiger partial charge < -0.3 is 15.1 Å². The van der Waals surface area contributed by atoms with Crippen molar-refractivity contribution in [3.63, 3.8) is 0 Å². The minimum atomic E-state index is -5.12. The first-order valence-corrected chi connectivity index (χ1v) is 24.2. The number of carbonyl (C=O) groups is 1. The summed E-state index contributed by atoms with van der Waals surface area (Å²) in [6.07, 6.45) is -13.0. The number of fused-ring (bicyclic) bond motifs is 1. The Hall–Kier alpha value is -4.92. The second-order valence-corrected chi connectivity index (χ2v) is 21.1. The first kappa shape index (κ1) is 51.0. The Bertz CT molecular complexity index is 2580. The van der Waals surface area contributed by atoms with E-state index in [4.69, 9.17) is 9.98 Å². The zero-order chi connectivity index (χ0) is 51.1. The number of hydrogen-bond donors (Lipinski definition) is 1. The van der Waals surface area contributed by atoms with Gasteiger partial charge in [0.1, 0.15) is 23.6 Å². The van der Waals surface area contributed by atoms with Crippen LogP contribution >= 0.6 is 0 Å². The maximum absolute atomic E-state index is 14.5. The van der Waals surface area contributed by atoms with Crippen LogP contribution in [0.5, 0.6) is 0 Å². The quantitative estimate of drug-likeness (QED) is 0.0790. The van der Waals surface area contributed by atoms with Gasteiger partial charge in [0, 0.05) is 62.6 Å². The monoisotopic (exact) mass is 1010 g/mol. The first-order valence-electron chi connectivity index (χ1n) is 24.2. The summed E-state index contributed by atoms with van der Waals surface area (Å²) in [6, 6.07) is 4.79. The van der Waals surface area contributed by atoms with Gasteiger partial charge in [-0.25, -0.2) is 9.98 Å². The minimum absolute atomic E-state index is 0.0360. The molecule has 0 bridgehead atoms. The van der Waals surface area contributed by atoms with E-state index in [-0.39, 0.29) is 71.5 Å². The number of aromatic nitrogens is 3. The number of alkyl halides is 12. The largest absolute Gasteiger partial charge is 0.416 e. The molecular formula is C50H57F12N8O+. The van der Waals surface area contributed by atoms with Crippen LogP contribution in [0, 0.1) is 36.0 Å². The molecule has 1 aliphatic heterocycles. The van der Waals surface area contributed by atoms with Gasteiger partial charge in [-0.05, 0) is 131 Å². The molecule has 1 atom stereocenters. The van der Waals surface area contributed by atoms with Crippen LogP contribution < -0.4 is 10.2 Å². The van der Waals surface area contributed by atoms with Gasteiger partial charge in [-0.3, -0.25) is 14.0 Å². The molecular weight excluding hydrogens is 957 g/mol. The number of rotatable bonds is 18. The molecule has 4 aromatic rings. The molecule has 9 rings (SSSR count). The number of guanidine groups is 1. The van der Waals surface area contributed by atoms with Crippen molar-refractivity contribution in [3.05, 3.63) is 87.1 Å². The van der Waals surface area contributed by atoms with Crippen LogP contribution in [0.3, 0.4) is 0 Å². The third-order valence-electron chi connectivity index (χ3n) is 14.7. The molecule has 0 radical (unpaired) electrons. The van der Waals surface area contributed by atoms with Crippen molar-refractivity contribution in [2.24, 2.45) is 41.1 Å². The van der Waals surface area contributed by atoms with E-state index in [0.29, 0.717) is 78.8 Å². The molecule has 1 N–H and O–H groups in total. The van der Waals surface area contributed by atoms with E-state index in [9.17, 15) is 57.5 Å². The lowest BCUT2D eigenvalue weighted by Gasteiger charge is -2.50. The smallest absolute Gasteiger partial charge is 0.356 e. The average molecular weight is 1010 g/mol. The first-order chi connectivity index (χ1) is 33.2. The summed E-state index contributed by atoms with van der Waals surface area (Å²) in [5, 5.41) is 8.34. The van der Waals surface area contributed by atoms with Crippen molar-refractivity contribution in [1.29, 1.82) is 0 Å². The Morgan fingerprint density at radius 1 is 0.690 bits per heavy atom. The third kappa shape index (κ3) is 11.8. The van der Waals surface area contributed by atoms with Crippen molar-refractivity contribution in [2.45, 2.75) is 110 Å². The molecule has 3 heterocycles. The number of hydrogen-bond acceptors (Lipinski definition) is 7. The number of Topliss-reactive ketones (excluding diaryl/α,β-unsaturated/α-hetero) is 1. The summed E-state index contributed by atoms with van der Waals surface area (Å²) in [6.45, 7) is 4.14. The molecule has 4 aliphatic carbocycles. The molecule has 0 spiro atoms. The number of aliphatic imine (C=N–C) groups is 1. The average Bonchev–Trinajstić information content (AvgIpc) is 4.02. The number of aryl methyl sites for hydroxylation is 2. The second-order valence-electron chi connectivity index (χ2n) is 21.1. The summed E-state index contributed by atoms with van der Waals surface area (Å²) < 4.78 is 172. The molecule has 1 unspecified atom stereocenters. The number of nitrogens with one attached hydrogen (secondary N) is 1. The van der Waals surface area contributed by atoms with Crippen LogP contribution in [0.4, 0.5) is 58.5 Å². The zero-order valence-electron chi connectivity index (χ0n) is 39.7. The van der Waals surface area contributed by atoms with E-state index in [2.05, 4.69) is 15.3 Å². The van der Waals surface area contributed by atoms with Gasteiger partial charge in [0.2, 0.25) is 0 Å². The van der Waals surface area contributed by atoms with Crippen molar-refractivity contribution in [1.82, 2.24) is 25.0 Å². The molecule has 2 aromatic heterocycles. The summed E-state index contributed by atoms with van der Waals surface area (Å²) in [5.74, 6) is 1.78. The highest BCUT2D eigenvalue weighted by Gasteiger charge is 2.56. The number of benzene rings is 2. The summed E-state index contributed by atoms with van der Waals surface area (Å²) >= 11 is 0. The number of halogens is 12. The Morgan fingerprint density at radius 2 is 1.17 bits per heavy atom. The number of quaternary nitrogens is 1. The molecule has 2 aromatic carbocycles. The van der Waals surface area contributed by atoms with Gasteiger partial charge in [0.15, 0.2) is 5.65 Å². The lowest BCUT2D eigenvalue weighted by Crippen LogP contribution is -2.69. The number of carbonyl (C=O) groups excluding carboxylic acids is 1. The number of anilines is 1. The molecule has 21 heteroatoms. The SMILES string of the molecule is CC(=O)C1(CNCc2cc(C(F)(F)F)cc(C(F)(F)F)c2)CN=C(N(Cc2cc(C(F)(F)F)cc(C(F)(F)F)c2)Cc2cc3c(C)nn(C)c3nc2N(CC2CC2)CC2CC2)[N+](CC2CC2)(CC2CC2)C1. The predicted molar refractivity (Wildman–Crippen MR) is 240 cm³/mol. The Morgan fingerprint density at radius 3 is 1.62 bits per heavy atom. The molecule has 71 heavy (non-hydrogen) atoms. The fourth-order valence-corrected chi connectivity index (χ4v) is 10.4. The molecule has 9 nitrogen and oxygen atoms in total. The molecule has 0 saturated heterocycles. The van der Waals surface area contributed by atoms with Gasteiger partial charge in [-0.2, -0.15) is 57.8 Å². The van der Waals surface area contributed by atoms with E-state index in [0.717, 1.165) is 68.9 Å². The van der Waals surface area contributed by atoms with Crippen LogP contribution in [-0.4, -0.2) is 81.7 Å². The normalized spacial score (nSPS) is 20.9. The zero-order valence-corrected chi connectivity index (χ0v) is 39.7. The fourth-order valence-electron chi connectivity index (χ4n) is 10.4. The van der Waals surface area contributed by atoms with Crippen molar-refractivity contribution >= 4 is 28.6 Å². The Balaban J connectivity index is 1.17. The molecule has 386 valence electrons. The highest BCUT2D eigenvalue weighted by atomic mass is 19.4. The van der Waals surface area contributed by atoms with Crippen molar-refractivity contribution < 1.29 is 62.0 Å². The van der Waals surface area contributed by atoms with E-state index < -0.39 is 65.5 Å². The number of nitrogens with zero attached hydrogens (tertiary/aromatic N) is 7.